The van der Waals surface area contributed by atoms with Crippen LogP contribution in [0.25, 0.3) is 0 Å². The van der Waals surface area contributed by atoms with Crippen molar-refractivity contribution in [2.24, 2.45) is 0 Å². The number of carbonyl (C=O) groups excluding carboxylic acids is 3. The van der Waals surface area contributed by atoms with E-state index in [1.165, 1.54) is 5.56 Å². The smallest absolute Gasteiger partial charge is 0.255 e. The molecular formula is C25H27N3O4. The van der Waals surface area contributed by atoms with Crippen molar-refractivity contribution >= 4 is 17.7 Å². The lowest BCUT2D eigenvalue weighted by atomic mass is 9.83. The minimum absolute atomic E-state index is 0.189. The second-order valence-corrected chi connectivity index (χ2v) is 9.07. The van der Waals surface area contributed by atoms with E-state index >= 15 is 0 Å². The first-order valence-electron chi connectivity index (χ1n) is 11.2. The van der Waals surface area contributed by atoms with Gasteiger partial charge in [-0.1, -0.05) is 42.5 Å². The first kappa shape index (κ1) is 20.8. The maximum Gasteiger partial charge on any atom is 0.255 e. The minimum atomic E-state index is -0.923. The maximum absolute atomic E-state index is 12.9. The van der Waals surface area contributed by atoms with E-state index in [1.54, 1.807) is 11.0 Å². The van der Waals surface area contributed by atoms with Gasteiger partial charge in [-0.05, 0) is 42.0 Å². The molecule has 2 aromatic carbocycles. The average Bonchev–Trinajstić information content (AvgIpc) is 3.12. The van der Waals surface area contributed by atoms with Crippen LogP contribution in [0.5, 0.6) is 0 Å². The molecule has 0 saturated carbocycles. The van der Waals surface area contributed by atoms with E-state index in [0.29, 0.717) is 31.4 Å². The van der Waals surface area contributed by atoms with Crippen LogP contribution in [0.4, 0.5) is 0 Å². The zero-order valence-corrected chi connectivity index (χ0v) is 17.9. The lowest BCUT2D eigenvalue weighted by Gasteiger charge is -2.38. The molecule has 0 bridgehead atoms. The summed E-state index contributed by atoms with van der Waals surface area (Å²) < 4.78 is 0. The summed E-state index contributed by atoms with van der Waals surface area (Å²) in [6.45, 7) is 2.79. The van der Waals surface area contributed by atoms with E-state index in [4.69, 9.17) is 0 Å². The quantitative estimate of drug-likeness (QED) is 0.720. The van der Waals surface area contributed by atoms with Gasteiger partial charge < -0.3 is 10.0 Å². The number of fused-ring (bicyclic) bond motifs is 1. The topological polar surface area (TPSA) is 90.0 Å². The predicted molar refractivity (Wildman–Crippen MR) is 117 cm³/mol. The number of hydrogen-bond acceptors (Lipinski definition) is 5. The Morgan fingerprint density at radius 1 is 1.03 bits per heavy atom. The number of hydrogen-bond donors (Lipinski definition) is 2. The molecular weight excluding hydrogens is 406 g/mol. The third-order valence-corrected chi connectivity index (χ3v) is 6.99. The largest absolute Gasteiger partial charge is 0.385 e. The highest BCUT2D eigenvalue weighted by Crippen LogP contribution is 2.36. The maximum atomic E-state index is 12.9. The van der Waals surface area contributed by atoms with E-state index < -0.39 is 17.6 Å². The van der Waals surface area contributed by atoms with E-state index in [0.717, 1.165) is 30.8 Å². The SMILES string of the molecule is O=C1CC[C@H](N2Cc3cc(C4(O)CCN(Cc5ccccc5)CC4)ccc3C2=O)C(=O)N1. The van der Waals surface area contributed by atoms with Crippen molar-refractivity contribution in [3.63, 3.8) is 0 Å². The van der Waals surface area contributed by atoms with E-state index in [-0.39, 0.29) is 18.2 Å². The van der Waals surface area contributed by atoms with Gasteiger partial charge in [0.2, 0.25) is 11.8 Å². The average molecular weight is 434 g/mol. The molecule has 7 nitrogen and oxygen atoms in total. The summed E-state index contributed by atoms with van der Waals surface area (Å²) in [6, 6.07) is 15.2. The lowest BCUT2D eigenvalue weighted by molar-refractivity contribution is -0.136. The molecule has 0 radical (unpaired) electrons. The lowest BCUT2D eigenvalue weighted by Crippen LogP contribution is -2.52. The molecule has 0 aromatic heterocycles. The molecule has 3 aliphatic rings. The van der Waals surface area contributed by atoms with Gasteiger partial charge in [0.25, 0.3) is 5.91 Å². The van der Waals surface area contributed by atoms with Crippen LogP contribution in [0, 0.1) is 0 Å². The van der Waals surface area contributed by atoms with E-state index in [9.17, 15) is 19.5 Å². The molecule has 0 aliphatic carbocycles. The Morgan fingerprint density at radius 3 is 2.50 bits per heavy atom. The van der Waals surface area contributed by atoms with Crippen molar-refractivity contribution in [2.75, 3.05) is 13.1 Å². The normalized spacial score (nSPS) is 23.2. The van der Waals surface area contributed by atoms with E-state index in [1.807, 2.05) is 30.3 Å². The molecule has 1 atom stereocenters. The number of benzene rings is 2. The highest BCUT2D eigenvalue weighted by atomic mass is 16.3. The van der Waals surface area contributed by atoms with Gasteiger partial charge in [0, 0.05) is 38.2 Å². The van der Waals surface area contributed by atoms with Crippen molar-refractivity contribution in [2.45, 2.75) is 50.4 Å². The summed E-state index contributed by atoms with van der Waals surface area (Å²) in [5, 5.41) is 13.7. The molecule has 0 spiro atoms. The number of carbonyl (C=O) groups is 3. The molecule has 2 saturated heterocycles. The van der Waals surface area contributed by atoms with Crippen molar-refractivity contribution in [1.29, 1.82) is 0 Å². The number of nitrogens with one attached hydrogen (secondary N) is 1. The molecule has 32 heavy (non-hydrogen) atoms. The van der Waals surface area contributed by atoms with Crippen molar-refractivity contribution in [1.82, 2.24) is 15.1 Å². The summed E-state index contributed by atoms with van der Waals surface area (Å²) in [4.78, 5) is 40.5. The molecule has 5 rings (SSSR count). The summed E-state index contributed by atoms with van der Waals surface area (Å²) >= 11 is 0. The van der Waals surface area contributed by atoms with Gasteiger partial charge in [0.15, 0.2) is 0 Å². The second-order valence-electron chi connectivity index (χ2n) is 9.07. The van der Waals surface area contributed by atoms with Crippen LogP contribution in [0.2, 0.25) is 0 Å². The van der Waals surface area contributed by atoms with Crippen LogP contribution in [-0.2, 0) is 28.3 Å². The van der Waals surface area contributed by atoms with Gasteiger partial charge in [-0.2, -0.15) is 0 Å². The Kier molecular flexibility index (Phi) is 5.31. The van der Waals surface area contributed by atoms with Crippen LogP contribution in [-0.4, -0.2) is 51.8 Å². The first-order valence-corrected chi connectivity index (χ1v) is 11.2. The first-order chi connectivity index (χ1) is 15.4. The minimum Gasteiger partial charge on any atom is -0.385 e. The van der Waals surface area contributed by atoms with Crippen molar-refractivity contribution in [3.8, 4) is 0 Å². The Morgan fingerprint density at radius 2 is 1.78 bits per heavy atom. The molecule has 2 N–H and O–H groups in total. The summed E-state index contributed by atoms with van der Waals surface area (Å²) in [5.74, 6) is -0.892. The standard InChI is InChI=1S/C25H27N3O4/c29-22-9-8-21(23(30)26-22)28-16-18-14-19(6-7-20(18)24(28)31)25(32)10-12-27(13-11-25)15-17-4-2-1-3-5-17/h1-7,14,21,32H,8-13,15-16H2,(H,26,29,30)/t21-/m0/s1. The predicted octanol–water partition coefficient (Wildman–Crippen LogP) is 1.93. The number of imide groups is 1. The summed E-state index contributed by atoms with van der Waals surface area (Å²) in [5.41, 5.74) is 2.57. The number of aliphatic hydroxyl groups is 1. The van der Waals surface area contributed by atoms with Crippen molar-refractivity contribution in [3.05, 3.63) is 70.8 Å². The molecule has 7 heteroatoms. The molecule has 2 fully saturated rings. The van der Waals surface area contributed by atoms with Gasteiger partial charge >= 0.3 is 0 Å². The van der Waals surface area contributed by atoms with E-state index in [2.05, 4.69) is 22.3 Å². The van der Waals surface area contributed by atoms with Gasteiger partial charge in [-0.25, -0.2) is 0 Å². The molecule has 3 heterocycles. The fourth-order valence-corrected chi connectivity index (χ4v) is 5.08. The highest BCUT2D eigenvalue weighted by Gasteiger charge is 2.40. The fraction of sp³-hybridized carbons (Fsp3) is 0.400. The summed E-state index contributed by atoms with van der Waals surface area (Å²) in [7, 11) is 0. The van der Waals surface area contributed by atoms with Crippen LogP contribution >= 0.6 is 0 Å². The third-order valence-electron chi connectivity index (χ3n) is 6.99. The summed E-state index contributed by atoms with van der Waals surface area (Å²) in [6.07, 6.45) is 1.84. The zero-order chi connectivity index (χ0) is 22.3. The van der Waals surface area contributed by atoms with Crippen LogP contribution in [0.15, 0.2) is 48.5 Å². The number of rotatable bonds is 4. The Bertz CT molecular complexity index is 1060. The molecule has 0 unspecified atom stereocenters. The van der Waals surface area contributed by atoms with Gasteiger partial charge in [0.1, 0.15) is 6.04 Å². The Labute approximate surface area is 187 Å². The zero-order valence-electron chi connectivity index (χ0n) is 17.9. The monoisotopic (exact) mass is 433 g/mol. The number of nitrogens with zero attached hydrogens (tertiary/aromatic N) is 2. The van der Waals surface area contributed by atoms with Crippen LogP contribution in [0.3, 0.4) is 0 Å². The van der Waals surface area contributed by atoms with Gasteiger partial charge in [-0.15, -0.1) is 0 Å². The highest BCUT2D eigenvalue weighted by molar-refractivity contribution is 6.05. The molecule has 166 valence electrons. The fourth-order valence-electron chi connectivity index (χ4n) is 5.08. The van der Waals surface area contributed by atoms with Crippen molar-refractivity contribution < 1.29 is 19.5 Å². The number of amides is 3. The number of piperidine rings is 2. The van der Waals surface area contributed by atoms with Gasteiger partial charge in [-0.3, -0.25) is 24.6 Å². The third kappa shape index (κ3) is 3.82. The number of likely N-dealkylation sites (tertiary alicyclic amines) is 1. The molecule has 3 amide bonds. The van der Waals surface area contributed by atoms with Crippen LogP contribution < -0.4 is 5.32 Å². The Hall–Kier alpha value is -3.03. The van der Waals surface area contributed by atoms with Gasteiger partial charge in [0.05, 0.1) is 5.60 Å². The van der Waals surface area contributed by atoms with Crippen LogP contribution in [0.1, 0.15) is 52.7 Å². The second kappa shape index (κ2) is 8.15. The molecule has 3 aliphatic heterocycles. The Balaban J connectivity index is 1.28. The molecule has 2 aromatic rings.